The molecule has 0 bridgehead atoms. The van der Waals surface area contributed by atoms with E-state index in [1.165, 1.54) is 0 Å². The number of nitrogens with one attached hydrogen (secondary N) is 1. The predicted octanol–water partition coefficient (Wildman–Crippen LogP) is 3.06. The van der Waals surface area contributed by atoms with Crippen LogP contribution in [0.15, 0.2) is 24.3 Å². The van der Waals surface area contributed by atoms with Gasteiger partial charge in [-0.1, -0.05) is 12.1 Å². The summed E-state index contributed by atoms with van der Waals surface area (Å²) in [6.45, 7) is 6.70. The lowest BCUT2D eigenvalue weighted by molar-refractivity contribution is -0.128. The molecule has 22 heavy (non-hydrogen) atoms. The molecule has 0 spiro atoms. The lowest BCUT2D eigenvalue weighted by Crippen LogP contribution is -2.27. The largest absolute Gasteiger partial charge is 0.444 e. The summed E-state index contributed by atoms with van der Waals surface area (Å²) in [6.07, 6.45) is 0.0226. The molecule has 2 rings (SSSR count). The second-order valence-corrected chi connectivity index (χ2v) is 7.19. The molecule has 1 unspecified atom stereocenters. The number of nitrogens with zero attached hydrogens (tertiary/aromatic N) is 1. The van der Waals surface area contributed by atoms with Gasteiger partial charge in [-0.25, -0.2) is 4.79 Å². The summed E-state index contributed by atoms with van der Waals surface area (Å²) in [5.41, 5.74) is 1.16. The van der Waals surface area contributed by atoms with Crippen molar-refractivity contribution in [3.8, 4) is 0 Å². The molecule has 5 nitrogen and oxygen atoms in total. The van der Waals surface area contributed by atoms with E-state index in [1.54, 1.807) is 17.0 Å². The van der Waals surface area contributed by atoms with Gasteiger partial charge in [0.15, 0.2) is 0 Å². The van der Waals surface area contributed by atoms with Crippen molar-refractivity contribution in [2.24, 2.45) is 0 Å². The zero-order valence-electron chi connectivity index (χ0n) is 13.1. The minimum absolute atomic E-state index is 0.126. The van der Waals surface area contributed by atoms with Crippen molar-refractivity contribution in [2.45, 2.75) is 44.6 Å². The van der Waals surface area contributed by atoms with Crippen LogP contribution in [0.5, 0.6) is 0 Å². The Morgan fingerprint density at radius 1 is 1.36 bits per heavy atom. The van der Waals surface area contributed by atoms with Gasteiger partial charge in [-0.2, -0.15) is 12.6 Å². The third-order valence-corrected chi connectivity index (χ3v) is 3.51. The summed E-state index contributed by atoms with van der Waals surface area (Å²) in [5, 5.41) is 2.81. The van der Waals surface area contributed by atoms with Crippen molar-refractivity contribution in [3.05, 3.63) is 29.8 Å². The second-order valence-electron chi connectivity index (χ2n) is 6.46. The van der Waals surface area contributed by atoms with Crippen molar-refractivity contribution < 1.29 is 14.3 Å². The van der Waals surface area contributed by atoms with Crippen molar-refractivity contribution >= 4 is 30.3 Å². The summed E-state index contributed by atoms with van der Waals surface area (Å²) in [4.78, 5) is 25.2. The highest BCUT2D eigenvalue weighted by molar-refractivity contribution is 7.81. The van der Waals surface area contributed by atoms with Gasteiger partial charge in [0.1, 0.15) is 5.60 Å². The van der Waals surface area contributed by atoms with Crippen LogP contribution in [0.4, 0.5) is 10.5 Å². The Balaban J connectivity index is 1.90. The number of rotatable bonds is 3. The zero-order valence-corrected chi connectivity index (χ0v) is 14.0. The molecule has 2 amide bonds. The maximum atomic E-state index is 11.7. The fraction of sp³-hybridized carbons (Fsp3) is 0.500. The van der Waals surface area contributed by atoms with Gasteiger partial charge < -0.3 is 9.64 Å². The topological polar surface area (TPSA) is 58.6 Å². The third-order valence-electron chi connectivity index (χ3n) is 3.17. The lowest BCUT2D eigenvalue weighted by Gasteiger charge is -2.20. The first-order valence-corrected chi connectivity index (χ1v) is 7.79. The number of benzene rings is 1. The van der Waals surface area contributed by atoms with E-state index < -0.39 is 11.7 Å². The SMILES string of the molecule is CC(C)(C)OC(=O)Nc1ccc(CN2CC(S)CC2=O)cc1. The third kappa shape index (κ3) is 4.94. The number of hydrogen-bond donors (Lipinski definition) is 2. The molecule has 0 aliphatic carbocycles. The van der Waals surface area contributed by atoms with E-state index >= 15 is 0 Å². The highest BCUT2D eigenvalue weighted by atomic mass is 32.1. The predicted molar refractivity (Wildman–Crippen MR) is 89.1 cm³/mol. The van der Waals surface area contributed by atoms with E-state index in [0.29, 0.717) is 25.2 Å². The van der Waals surface area contributed by atoms with Crippen molar-refractivity contribution in [3.63, 3.8) is 0 Å². The number of thiol groups is 1. The molecule has 120 valence electrons. The van der Waals surface area contributed by atoms with Crippen LogP contribution in [0.25, 0.3) is 0 Å². The fourth-order valence-electron chi connectivity index (χ4n) is 2.24. The minimum atomic E-state index is -0.524. The van der Waals surface area contributed by atoms with Crippen molar-refractivity contribution in [2.75, 3.05) is 11.9 Å². The van der Waals surface area contributed by atoms with Crippen LogP contribution in [-0.4, -0.2) is 34.3 Å². The first-order chi connectivity index (χ1) is 10.2. The first-order valence-electron chi connectivity index (χ1n) is 7.28. The molecule has 1 aliphatic heterocycles. The molecule has 0 aromatic heterocycles. The Hall–Kier alpha value is -1.69. The number of hydrogen-bond acceptors (Lipinski definition) is 4. The molecule has 1 atom stereocenters. The Morgan fingerprint density at radius 2 is 2.00 bits per heavy atom. The van der Waals surface area contributed by atoms with Crippen LogP contribution >= 0.6 is 12.6 Å². The maximum absolute atomic E-state index is 11.7. The summed E-state index contributed by atoms with van der Waals surface area (Å²) in [5.74, 6) is 0.135. The molecule has 1 aromatic rings. The van der Waals surface area contributed by atoms with Crippen molar-refractivity contribution in [1.82, 2.24) is 4.90 Å². The first kappa shape index (κ1) is 16.7. The average Bonchev–Trinajstić information content (AvgIpc) is 2.68. The average molecular weight is 322 g/mol. The van der Waals surface area contributed by atoms with Crippen LogP contribution in [0, 0.1) is 0 Å². The standard InChI is InChI=1S/C16H22N2O3S/c1-16(2,3)21-15(20)17-12-6-4-11(5-7-12)9-18-10-13(22)8-14(18)19/h4-7,13,22H,8-10H2,1-3H3,(H,17,20). The molecule has 1 saturated heterocycles. The molecule has 6 heteroatoms. The number of amides is 2. The molecule has 1 aliphatic rings. The van der Waals surface area contributed by atoms with Gasteiger partial charge in [-0.15, -0.1) is 0 Å². The number of carbonyl (C=O) groups excluding carboxylic acids is 2. The monoisotopic (exact) mass is 322 g/mol. The molecule has 1 N–H and O–H groups in total. The van der Waals surface area contributed by atoms with Crippen molar-refractivity contribution in [1.29, 1.82) is 0 Å². The Bertz CT molecular complexity index is 552. The molecular weight excluding hydrogens is 300 g/mol. The molecule has 0 saturated carbocycles. The summed E-state index contributed by atoms with van der Waals surface area (Å²) in [6, 6.07) is 7.40. The normalized spacial score (nSPS) is 18.5. The summed E-state index contributed by atoms with van der Waals surface area (Å²) < 4.78 is 5.19. The van der Waals surface area contributed by atoms with Gasteiger partial charge in [-0.05, 0) is 38.5 Å². The van der Waals surface area contributed by atoms with E-state index in [2.05, 4.69) is 17.9 Å². The Labute approximate surface area is 136 Å². The maximum Gasteiger partial charge on any atom is 0.412 e. The van der Waals surface area contributed by atoms with Gasteiger partial charge in [0.2, 0.25) is 5.91 Å². The van der Waals surface area contributed by atoms with Gasteiger partial charge >= 0.3 is 6.09 Å². The molecule has 0 radical (unpaired) electrons. The van der Waals surface area contributed by atoms with Crippen LogP contribution in [-0.2, 0) is 16.1 Å². The van der Waals surface area contributed by atoms with Gasteiger partial charge in [-0.3, -0.25) is 10.1 Å². The fourth-order valence-corrected chi connectivity index (χ4v) is 2.59. The van der Waals surface area contributed by atoms with Crippen LogP contribution in [0.2, 0.25) is 0 Å². The van der Waals surface area contributed by atoms with Gasteiger partial charge in [0.25, 0.3) is 0 Å². The number of carbonyl (C=O) groups is 2. The zero-order chi connectivity index (χ0) is 16.3. The van der Waals surface area contributed by atoms with Crippen LogP contribution < -0.4 is 5.32 Å². The molecule has 1 fully saturated rings. The van der Waals surface area contributed by atoms with Gasteiger partial charge in [0, 0.05) is 30.4 Å². The Morgan fingerprint density at radius 3 is 2.50 bits per heavy atom. The van der Waals surface area contributed by atoms with Gasteiger partial charge in [0.05, 0.1) is 0 Å². The molecule has 1 heterocycles. The van der Waals surface area contributed by atoms with Crippen LogP contribution in [0.1, 0.15) is 32.8 Å². The Kier molecular flexibility index (Phi) is 5.01. The van der Waals surface area contributed by atoms with Crippen LogP contribution in [0.3, 0.4) is 0 Å². The number of likely N-dealkylation sites (tertiary alicyclic amines) is 1. The molecular formula is C16H22N2O3S. The summed E-state index contributed by atoms with van der Waals surface area (Å²) in [7, 11) is 0. The second kappa shape index (κ2) is 6.60. The quantitative estimate of drug-likeness (QED) is 0.841. The van der Waals surface area contributed by atoms with E-state index in [1.807, 2.05) is 32.9 Å². The smallest absolute Gasteiger partial charge is 0.412 e. The van der Waals surface area contributed by atoms with E-state index in [-0.39, 0.29) is 11.2 Å². The highest BCUT2D eigenvalue weighted by Crippen LogP contribution is 2.20. The highest BCUT2D eigenvalue weighted by Gasteiger charge is 2.26. The molecule has 1 aromatic carbocycles. The summed E-state index contributed by atoms with van der Waals surface area (Å²) >= 11 is 4.34. The minimum Gasteiger partial charge on any atom is -0.444 e. The number of anilines is 1. The number of ether oxygens (including phenoxy) is 1. The lowest BCUT2D eigenvalue weighted by atomic mass is 10.2. The van der Waals surface area contributed by atoms with E-state index in [9.17, 15) is 9.59 Å². The van der Waals surface area contributed by atoms with E-state index in [0.717, 1.165) is 5.56 Å². The van der Waals surface area contributed by atoms with E-state index in [4.69, 9.17) is 4.74 Å².